The highest BCUT2D eigenvalue weighted by atomic mass is 16.5. The molecule has 0 saturated carbocycles. The average Bonchev–Trinajstić information content (AvgIpc) is 2.36. The lowest BCUT2D eigenvalue weighted by Gasteiger charge is -2.07. The van der Waals surface area contributed by atoms with Crippen molar-refractivity contribution < 1.29 is 19.4 Å². The maximum atomic E-state index is 11.5. The van der Waals surface area contributed by atoms with Crippen molar-refractivity contribution in [2.75, 3.05) is 6.61 Å². The Balaban J connectivity index is 2.65. The molecule has 1 rings (SSSR count). The fraction of sp³-hybridized carbons (Fsp3) is 0.231. The van der Waals surface area contributed by atoms with Gasteiger partial charge in [-0.3, -0.25) is 4.79 Å². The predicted octanol–water partition coefficient (Wildman–Crippen LogP) is 0.984. The lowest BCUT2D eigenvalue weighted by atomic mass is 10.0. The number of carboxylic acid groups (broad SMARTS) is 1. The number of aliphatic carboxylic acids is 1. The Morgan fingerprint density at radius 1 is 1.39 bits per heavy atom. The molecule has 0 aromatic heterocycles. The van der Waals surface area contributed by atoms with E-state index in [0.29, 0.717) is 5.56 Å². The summed E-state index contributed by atoms with van der Waals surface area (Å²) in [5, 5.41) is 8.67. The van der Waals surface area contributed by atoms with Crippen LogP contribution in [0.25, 0.3) is 0 Å². The van der Waals surface area contributed by atoms with Crippen LogP contribution in [0.1, 0.15) is 15.9 Å². The van der Waals surface area contributed by atoms with E-state index in [1.165, 1.54) is 6.08 Å². The van der Waals surface area contributed by atoms with Crippen molar-refractivity contribution in [2.24, 2.45) is 5.73 Å². The van der Waals surface area contributed by atoms with E-state index in [1.807, 2.05) is 0 Å². The molecule has 1 atom stereocenters. The molecule has 0 unspecified atom stereocenters. The molecule has 96 valence electrons. The SMILES string of the molecule is C=CCOC(=O)c1ccc(C[C@H](N)C(=O)O)cc1. The van der Waals surface area contributed by atoms with E-state index in [9.17, 15) is 9.59 Å². The molecule has 0 bridgehead atoms. The summed E-state index contributed by atoms with van der Waals surface area (Å²) in [5.41, 5.74) is 6.57. The summed E-state index contributed by atoms with van der Waals surface area (Å²) in [6.07, 6.45) is 1.70. The average molecular weight is 249 g/mol. The van der Waals surface area contributed by atoms with Gasteiger partial charge in [0.25, 0.3) is 0 Å². The fourth-order valence-electron chi connectivity index (χ4n) is 1.34. The number of esters is 1. The summed E-state index contributed by atoms with van der Waals surface area (Å²) in [6, 6.07) is 5.54. The second-order valence-electron chi connectivity index (χ2n) is 3.73. The van der Waals surface area contributed by atoms with Gasteiger partial charge in [-0.25, -0.2) is 4.79 Å². The number of carboxylic acids is 1. The van der Waals surface area contributed by atoms with Crippen LogP contribution in [0.3, 0.4) is 0 Å². The second-order valence-corrected chi connectivity index (χ2v) is 3.73. The molecule has 18 heavy (non-hydrogen) atoms. The van der Waals surface area contributed by atoms with E-state index in [1.54, 1.807) is 24.3 Å². The van der Waals surface area contributed by atoms with E-state index in [-0.39, 0.29) is 13.0 Å². The van der Waals surface area contributed by atoms with Gasteiger partial charge in [0.1, 0.15) is 12.6 Å². The lowest BCUT2D eigenvalue weighted by molar-refractivity contribution is -0.138. The molecule has 0 radical (unpaired) electrons. The van der Waals surface area contributed by atoms with Crippen LogP contribution in [0.4, 0.5) is 0 Å². The third-order valence-electron chi connectivity index (χ3n) is 2.29. The molecule has 0 fully saturated rings. The fourth-order valence-corrected chi connectivity index (χ4v) is 1.34. The van der Waals surface area contributed by atoms with E-state index in [2.05, 4.69) is 6.58 Å². The number of ether oxygens (including phenoxy) is 1. The zero-order valence-electron chi connectivity index (χ0n) is 9.83. The molecule has 1 aromatic carbocycles. The van der Waals surface area contributed by atoms with Gasteiger partial charge in [-0.1, -0.05) is 24.8 Å². The van der Waals surface area contributed by atoms with Crippen molar-refractivity contribution >= 4 is 11.9 Å². The molecular formula is C13H15NO4. The van der Waals surface area contributed by atoms with Crippen LogP contribution in [0.2, 0.25) is 0 Å². The van der Waals surface area contributed by atoms with Crippen LogP contribution in [-0.2, 0) is 16.0 Å². The number of hydrogen-bond donors (Lipinski definition) is 2. The third kappa shape index (κ3) is 4.03. The summed E-state index contributed by atoms with van der Waals surface area (Å²) in [4.78, 5) is 22.0. The molecule has 1 aromatic rings. The van der Waals surface area contributed by atoms with E-state index in [4.69, 9.17) is 15.6 Å². The zero-order valence-corrected chi connectivity index (χ0v) is 9.83. The van der Waals surface area contributed by atoms with Crippen LogP contribution in [0.15, 0.2) is 36.9 Å². The monoisotopic (exact) mass is 249 g/mol. The minimum absolute atomic E-state index is 0.157. The Morgan fingerprint density at radius 3 is 2.50 bits per heavy atom. The van der Waals surface area contributed by atoms with Crippen molar-refractivity contribution in [1.29, 1.82) is 0 Å². The van der Waals surface area contributed by atoms with Crippen molar-refractivity contribution in [1.82, 2.24) is 0 Å². The molecule has 5 nitrogen and oxygen atoms in total. The smallest absolute Gasteiger partial charge is 0.338 e. The van der Waals surface area contributed by atoms with Crippen molar-refractivity contribution in [3.8, 4) is 0 Å². The van der Waals surface area contributed by atoms with Gasteiger partial charge >= 0.3 is 11.9 Å². The maximum absolute atomic E-state index is 11.5. The molecular weight excluding hydrogens is 234 g/mol. The number of hydrogen-bond acceptors (Lipinski definition) is 4. The normalized spacial score (nSPS) is 11.6. The first kappa shape index (κ1) is 13.9. The van der Waals surface area contributed by atoms with Crippen LogP contribution >= 0.6 is 0 Å². The van der Waals surface area contributed by atoms with Crippen LogP contribution < -0.4 is 5.73 Å². The Labute approximate surface area is 105 Å². The molecule has 3 N–H and O–H groups in total. The van der Waals surface area contributed by atoms with Gasteiger partial charge in [0.15, 0.2) is 0 Å². The Bertz CT molecular complexity index is 439. The lowest BCUT2D eigenvalue weighted by Crippen LogP contribution is -2.32. The number of carbonyl (C=O) groups excluding carboxylic acids is 1. The van der Waals surface area contributed by atoms with Gasteiger partial charge in [-0.2, -0.15) is 0 Å². The Kier molecular flexibility index (Phi) is 5.07. The van der Waals surface area contributed by atoms with Gasteiger partial charge in [0.2, 0.25) is 0 Å². The highest BCUT2D eigenvalue weighted by molar-refractivity contribution is 5.89. The summed E-state index contributed by atoms with van der Waals surface area (Å²) in [7, 11) is 0. The number of rotatable bonds is 6. The molecule has 0 aliphatic carbocycles. The molecule has 0 aliphatic heterocycles. The first-order valence-corrected chi connectivity index (χ1v) is 5.40. The number of benzene rings is 1. The number of carbonyl (C=O) groups is 2. The summed E-state index contributed by atoms with van der Waals surface area (Å²) in [6.45, 7) is 3.60. The quantitative estimate of drug-likeness (QED) is 0.579. The standard InChI is InChI=1S/C13H15NO4/c1-2-7-18-13(17)10-5-3-9(4-6-10)8-11(14)12(15)16/h2-6,11H,1,7-8,14H2,(H,15,16)/t11-/m0/s1. The molecule has 0 spiro atoms. The summed E-state index contributed by atoms with van der Waals surface area (Å²) in [5.74, 6) is -1.49. The van der Waals surface area contributed by atoms with Crippen molar-refractivity contribution in [3.05, 3.63) is 48.0 Å². The highest BCUT2D eigenvalue weighted by Crippen LogP contribution is 2.08. The van der Waals surface area contributed by atoms with Gasteiger partial charge in [0, 0.05) is 0 Å². The minimum atomic E-state index is -1.05. The molecule has 0 heterocycles. The second kappa shape index (κ2) is 6.56. The van der Waals surface area contributed by atoms with E-state index >= 15 is 0 Å². The van der Waals surface area contributed by atoms with Gasteiger partial charge in [-0.15, -0.1) is 0 Å². The molecule has 0 aliphatic rings. The zero-order chi connectivity index (χ0) is 13.5. The molecule has 5 heteroatoms. The third-order valence-corrected chi connectivity index (χ3v) is 2.29. The van der Waals surface area contributed by atoms with Crippen molar-refractivity contribution in [3.63, 3.8) is 0 Å². The predicted molar refractivity (Wildman–Crippen MR) is 66.2 cm³/mol. The minimum Gasteiger partial charge on any atom is -0.480 e. The Hall–Kier alpha value is -2.14. The van der Waals surface area contributed by atoms with Gasteiger partial charge < -0.3 is 15.6 Å². The Morgan fingerprint density at radius 2 is 2.00 bits per heavy atom. The van der Waals surface area contributed by atoms with Gasteiger partial charge in [-0.05, 0) is 24.1 Å². The van der Waals surface area contributed by atoms with Crippen LogP contribution in [0.5, 0.6) is 0 Å². The van der Waals surface area contributed by atoms with E-state index in [0.717, 1.165) is 5.56 Å². The number of nitrogens with two attached hydrogens (primary N) is 1. The van der Waals surface area contributed by atoms with Crippen LogP contribution in [-0.4, -0.2) is 29.7 Å². The topological polar surface area (TPSA) is 89.6 Å². The summed E-state index contributed by atoms with van der Waals surface area (Å²) < 4.78 is 4.86. The molecule has 0 amide bonds. The molecule has 0 saturated heterocycles. The van der Waals surface area contributed by atoms with Gasteiger partial charge in [0.05, 0.1) is 5.56 Å². The first-order chi connectivity index (χ1) is 8.54. The van der Waals surface area contributed by atoms with Crippen LogP contribution in [0, 0.1) is 0 Å². The van der Waals surface area contributed by atoms with E-state index < -0.39 is 18.0 Å². The highest BCUT2D eigenvalue weighted by Gasteiger charge is 2.12. The maximum Gasteiger partial charge on any atom is 0.338 e. The summed E-state index contributed by atoms with van der Waals surface area (Å²) >= 11 is 0. The first-order valence-electron chi connectivity index (χ1n) is 5.40. The van der Waals surface area contributed by atoms with Crippen molar-refractivity contribution in [2.45, 2.75) is 12.5 Å². The largest absolute Gasteiger partial charge is 0.480 e.